The van der Waals surface area contributed by atoms with Gasteiger partial charge in [-0.15, -0.1) is 0 Å². The van der Waals surface area contributed by atoms with Gasteiger partial charge < -0.3 is 19.1 Å². The Labute approximate surface area is 233 Å². The van der Waals surface area contributed by atoms with E-state index in [4.69, 9.17) is 11.3 Å². The van der Waals surface area contributed by atoms with Gasteiger partial charge in [-0.05, 0) is 62.6 Å². The van der Waals surface area contributed by atoms with Crippen molar-refractivity contribution in [1.29, 1.82) is 0 Å². The van der Waals surface area contributed by atoms with Gasteiger partial charge in [0.05, 0.1) is 18.0 Å². The maximum Gasteiger partial charge on any atom is 0.410 e. The zero-order valence-electron chi connectivity index (χ0n) is 23.0. The Balaban J connectivity index is 1.14. The van der Waals surface area contributed by atoms with Crippen molar-refractivity contribution < 1.29 is 9.53 Å². The van der Waals surface area contributed by atoms with Gasteiger partial charge in [-0.25, -0.2) is 19.3 Å². The van der Waals surface area contributed by atoms with E-state index in [1.807, 2.05) is 54.6 Å². The number of benzene rings is 2. The van der Waals surface area contributed by atoms with E-state index in [1.54, 1.807) is 6.33 Å². The molecule has 0 atom stereocenters. The summed E-state index contributed by atoms with van der Waals surface area (Å²) < 4.78 is 9.74. The SMILES string of the molecule is [C-]#[N+]c1ccc(-c2cc3n(c2)Cc2cc(N4CCC5(CN(C(=O)OC(C)(C)C)C5)C4)ccc2-n2ncnc2-3)cc1. The predicted molar refractivity (Wildman–Crippen MR) is 153 cm³/mol. The summed E-state index contributed by atoms with van der Waals surface area (Å²) in [4.78, 5) is 24.9. The number of carbonyl (C=O) groups excluding carboxylic acids is 1. The number of likely N-dealkylation sites (tertiary alicyclic amines) is 1. The highest BCUT2D eigenvalue weighted by atomic mass is 16.6. The van der Waals surface area contributed by atoms with Crippen molar-refractivity contribution in [2.45, 2.75) is 39.3 Å². The van der Waals surface area contributed by atoms with Gasteiger partial charge in [0.15, 0.2) is 11.5 Å². The summed E-state index contributed by atoms with van der Waals surface area (Å²) in [5.41, 5.74) is 6.86. The fourth-order valence-electron chi connectivity index (χ4n) is 6.23. The number of anilines is 1. The van der Waals surface area contributed by atoms with E-state index in [0.717, 1.165) is 60.9 Å². The van der Waals surface area contributed by atoms with Gasteiger partial charge in [0.2, 0.25) is 0 Å². The second kappa shape index (κ2) is 8.71. The summed E-state index contributed by atoms with van der Waals surface area (Å²) in [5, 5.41) is 4.58. The van der Waals surface area contributed by atoms with Crippen LogP contribution in [0.3, 0.4) is 0 Å². The molecule has 2 fully saturated rings. The van der Waals surface area contributed by atoms with Gasteiger partial charge in [-0.3, -0.25) is 0 Å². The monoisotopic (exact) mass is 533 g/mol. The Morgan fingerprint density at radius 2 is 1.85 bits per heavy atom. The first-order valence-electron chi connectivity index (χ1n) is 13.7. The molecule has 2 saturated heterocycles. The number of aromatic nitrogens is 4. The Hall–Kier alpha value is -4.58. The van der Waals surface area contributed by atoms with Crippen LogP contribution in [-0.2, 0) is 11.3 Å². The molecule has 2 aromatic heterocycles. The number of hydrogen-bond acceptors (Lipinski definition) is 5. The van der Waals surface area contributed by atoms with Crippen molar-refractivity contribution in [1.82, 2.24) is 24.2 Å². The molecule has 0 aliphatic carbocycles. The van der Waals surface area contributed by atoms with Crippen LogP contribution >= 0.6 is 0 Å². The van der Waals surface area contributed by atoms with E-state index in [9.17, 15) is 4.79 Å². The van der Waals surface area contributed by atoms with Crippen molar-refractivity contribution >= 4 is 17.5 Å². The Bertz CT molecular complexity index is 1660. The third-order valence-electron chi connectivity index (χ3n) is 8.14. The van der Waals surface area contributed by atoms with Gasteiger partial charge in [0, 0.05) is 55.6 Å². The Morgan fingerprint density at radius 3 is 2.60 bits per heavy atom. The highest BCUT2D eigenvalue weighted by Gasteiger charge is 2.50. The lowest BCUT2D eigenvalue weighted by molar-refractivity contribution is -0.0266. The highest BCUT2D eigenvalue weighted by molar-refractivity contribution is 5.73. The minimum Gasteiger partial charge on any atom is -0.444 e. The van der Waals surface area contributed by atoms with E-state index in [-0.39, 0.29) is 11.5 Å². The van der Waals surface area contributed by atoms with Crippen molar-refractivity contribution in [3.63, 3.8) is 0 Å². The second-order valence-electron chi connectivity index (χ2n) is 12.2. The van der Waals surface area contributed by atoms with Crippen molar-refractivity contribution in [2.75, 3.05) is 31.1 Å². The molecule has 9 heteroatoms. The maximum atomic E-state index is 12.5. The minimum absolute atomic E-state index is 0.133. The molecule has 0 N–H and O–H groups in total. The molecule has 0 saturated carbocycles. The maximum absolute atomic E-state index is 12.5. The standard InChI is InChI=1S/C31H31N7O2/c1-30(2,3)40-29(39)37-18-31(19-37)11-12-35(17-31)25-9-10-26-23(13-25)16-36-15-22(21-5-7-24(32-4)8-6-21)14-27(36)28-33-20-34-38(26)28/h5-10,13-15,20H,11-12,16-19H2,1-3H3. The number of fused-ring (bicyclic) bond motifs is 5. The van der Waals surface area contributed by atoms with Gasteiger partial charge in [0.25, 0.3) is 0 Å². The average Bonchev–Trinajstić information content (AvgIpc) is 3.64. The van der Waals surface area contributed by atoms with E-state index in [1.165, 1.54) is 11.3 Å². The summed E-state index contributed by atoms with van der Waals surface area (Å²) in [7, 11) is 0. The molecule has 3 aliphatic rings. The lowest BCUT2D eigenvalue weighted by Crippen LogP contribution is -2.60. The Kier molecular flexibility index (Phi) is 5.33. The molecule has 3 aliphatic heterocycles. The van der Waals surface area contributed by atoms with Crippen molar-refractivity contribution in [3.8, 4) is 28.3 Å². The molecular weight excluding hydrogens is 502 g/mol. The molecule has 4 aromatic rings. The van der Waals surface area contributed by atoms with Crippen molar-refractivity contribution in [2.24, 2.45) is 5.41 Å². The highest BCUT2D eigenvalue weighted by Crippen LogP contribution is 2.43. The molecule has 0 bridgehead atoms. The molecule has 0 radical (unpaired) electrons. The lowest BCUT2D eigenvalue weighted by Gasteiger charge is -2.47. The fraction of sp³-hybridized carbons (Fsp3) is 0.355. The van der Waals surface area contributed by atoms with Crippen molar-refractivity contribution in [3.05, 3.63) is 78.0 Å². The van der Waals surface area contributed by atoms with E-state index in [0.29, 0.717) is 12.2 Å². The van der Waals surface area contributed by atoms with Crippen LogP contribution in [0.25, 0.3) is 33.2 Å². The summed E-state index contributed by atoms with van der Waals surface area (Å²) in [6.07, 6.45) is 4.62. The van der Waals surface area contributed by atoms with Crippen LogP contribution in [-0.4, -0.2) is 62.1 Å². The summed E-state index contributed by atoms with van der Waals surface area (Å²) >= 11 is 0. The van der Waals surface area contributed by atoms with Crippen LogP contribution in [0.4, 0.5) is 16.2 Å². The van der Waals surface area contributed by atoms with E-state index < -0.39 is 5.60 Å². The summed E-state index contributed by atoms with van der Waals surface area (Å²) in [5.74, 6) is 0.812. The lowest BCUT2D eigenvalue weighted by atomic mass is 9.79. The molecule has 2 aromatic carbocycles. The molecule has 7 rings (SSSR count). The van der Waals surface area contributed by atoms with E-state index in [2.05, 4.69) is 54.9 Å². The zero-order valence-corrected chi connectivity index (χ0v) is 23.0. The van der Waals surface area contributed by atoms with Gasteiger partial charge in [0.1, 0.15) is 11.9 Å². The predicted octanol–water partition coefficient (Wildman–Crippen LogP) is 5.76. The quantitative estimate of drug-likeness (QED) is 0.270. The Morgan fingerprint density at radius 1 is 1.05 bits per heavy atom. The van der Waals surface area contributed by atoms with Crippen LogP contribution in [0.15, 0.2) is 61.1 Å². The molecule has 0 unspecified atom stereocenters. The van der Waals surface area contributed by atoms with Gasteiger partial charge in [-0.1, -0.05) is 24.3 Å². The number of amides is 1. The molecule has 1 spiro atoms. The normalized spacial score (nSPS) is 16.9. The first-order valence-corrected chi connectivity index (χ1v) is 13.7. The molecule has 5 heterocycles. The minimum atomic E-state index is -0.475. The van der Waals surface area contributed by atoms with Crippen LogP contribution in [0, 0.1) is 12.0 Å². The van der Waals surface area contributed by atoms with Crippen LogP contribution in [0.5, 0.6) is 0 Å². The van der Waals surface area contributed by atoms with Gasteiger partial charge in [-0.2, -0.15) is 5.10 Å². The number of hydrogen-bond donors (Lipinski definition) is 0. The molecule has 40 heavy (non-hydrogen) atoms. The number of nitrogens with zero attached hydrogens (tertiary/aromatic N) is 7. The number of ether oxygens (including phenoxy) is 1. The summed E-state index contributed by atoms with van der Waals surface area (Å²) in [6, 6.07) is 16.5. The molecular formula is C31H31N7O2. The first kappa shape index (κ1) is 24.5. The largest absolute Gasteiger partial charge is 0.444 e. The topological polar surface area (TPSA) is 72.8 Å². The third kappa shape index (κ3) is 4.11. The van der Waals surface area contributed by atoms with Crippen LogP contribution < -0.4 is 4.90 Å². The second-order valence-corrected chi connectivity index (χ2v) is 12.2. The average molecular weight is 534 g/mol. The molecule has 9 nitrogen and oxygen atoms in total. The molecule has 1 amide bonds. The smallest absolute Gasteiger partial charge is 0.410 e. The van der Waals surface area contributed by atoms with E-state index >= 15 is 0 Å². The third-order valence-corrected chi connectivity index (χ3v) is 8.14. The number of carbonyl (C=O) groups is 1. The fourth-order valence-corrected chi connectivity index (χ4v) is 6.23. The molecule has 202 valence electrons. The van der Waals surface area contributed by atoms with Crippen LogP contribution in [0.2, 0.25) is 0 Å². The summed E-state index contributed by atoms with van der Waals surface area (Å²) in [6.45, 7) is 17.0. The first-order chi connectivity index (χ1) is 19.2. The van der Waals surface area contributed by atoms with Crippen LogP contribution in [0.1, 0.15) is 32.8 Å². The van der Waals surface area contributed by atoms with Gasteiger partial charge >= 0.3 is 6.09 Å². The number of rotatable bonds is 2. The zero-order chi connectivity index (χ0) is 27.6.